The fraction of sp³-hybridized carbons (Fsp3) is 0.452. The molecule has 0 saturated carbocycles. The summed E-state index contributed by atoms with van der Waals surface area (Å²) in [6.45, 7) is 12.4. The molecule has 3 aromatic heterocycles. The van der Waals surface area contributed by atoms with Gasteiger partial charge in [-0.25, -0.2) is 0 Å². The Labute approximate surface area is 236 Å². The Hall–Kier alpha value is -3.85. The van der Waals surface area contributed by atoms with E-state index < -0.39 is 0 Å². The number of nitrogens with zero attached hydrogens (tertiary/aromatic N) is 6. The maximum absolute atomic E-state index is 13.7. The molecule has 0 aliphatic carbocycles. The molecule has 1 atom stereocenters. The molecule has 0 radical (unpaired) electrons. The summed E-state index contributed by atoms with van der Waals surface area (Å²) in [5.41, 5.74) is 4.88. The largest absolute Gasteiger partial charge is 0.331 e. The average Bonchev–Trinajstić information content (AvgIpc) is 3.55. The summed E-state index contributed by atoms with van der Waals surface area (Å²) in [6, 6.07) is 14.1. The van der Waals surface area contributed by atoms with Gasteiger partial charge in [-0.15, -0.1) is 10.2 Å². The number of nitrogens with one attached hydrogen (secondary N) is 1. The Kier molecular flexibility index (Phi) is 9.47. The summed E-state index contributed by atoms with van der Waals surface area (Å²) in [6.07, 6.45) is 4.57. The third kappa shape index (κ3) is 6.47. The SMILES string of the molecule is CCN[C@H](CCc1ccc(C(=O)c2c(CC)cc3cc(C(=O)N(CC)Cc4nnn(C)n4)ccn23)cc1)C(C)C. The van der Waals surface area contributed by atoms with Crippen LogP contribution in [0.25, 0.3) is 5.52 Å². The number of carbonyl (C=O) groups excluding carboxylic acids is 2. The lowest BCUT2D eigenvalue weighted by Crippen LogP contribution is -2.34. The van der Waals surface area contributed by atoms with E-state index in [1.165, 1.54) is 10.4 Å². The Bertz CT molecular complexity index is 1450. The molecule has 0 fully saturated rings. The van der Waals surface area contributed by atoms with E-state index in [1.807, 2.05) is 48.7 Å². The van der Waals surface area contributed by atoms with Crippen LogP contribution in [0.5, 0.6) is 0 Å². The van der Waals surface area contributed by atoms with Gasteiger partial charge < -0.3 is 14.6 Å². The number of tetrazole rings is 1. The smallest absolute Gasteiger partial charge is 0.254 e. The highest BCUT2D eigenvalue weighted by molar-refractivity contribution is 6.10. The lowest BCUT2D eigenvalue weighted by atomic mass is 9.95. The topological polar surface area (TPSA) is 97.4 Å². The van der Waals surface area contributed by atoms with Crippen LogP contribution in [0, 0.1) is 5.92 Å². The van der Waals surface area contributed by atoms with E-state index >= 15 is 0 Å². The second-order valence-electron chi connectivity index (χ2n) is 10.6. The lowest BCUT2D eigenvalue weighted by molar-refractivity contribution is 0.0748. The number of carbonyl (C=O) groups is 2. The van der Waals surface area contributed by atoms with E-state index in [0.29, 0.717) is 47.6 Å². The molecule has 0 unspecified atom stereocenters. The minimum atomic E-state index is -0.117. The fourth-order valence-electron chi connectivity index (χ4n) is 5.17. The monoisotopic (exact) mass is 543 g/mol. The highest BCUT2D eigenvalue weighted by Gasteiger charge is 2.22. The Morgan fingerprint density at radius 1 is 1.02 bits per heavy atom. The van der Waals surface area contributed by atoms with Crippen LogP contribution in [0.3, 0.4) is 0 Å². The maximum atomic E-state index is 13.7. The highest BCUT2D eigenvalue weighted by Crippen LogP contribution is 2.23. The van der Waals surface area contributed by atoms with Crippen molar-refractivity contribution in [1.82, 2.24) is 34.8 Å². The van der Waals surface area contributed by atoms with Crippen LogP contribution in [0.1, 0.15) is 84.4 Å². The van der Waals surface area contributed by atoms with Crippen molar-refractivity contribution in [3.8, 4) is 0 Å². The third-order valence-corrected chi connectivity index (χ3v) is 7.48. The van der Waals surface area contributed by atoms with Crippen molar-refractivity contribution in [1.29, 1.82) is 0 Å². The first-order chi connectivity index (χ1) is 19.2. The van der Waals surface area contributed by atoms with Crippen LogP contribution in [0.15, 0.2) is 48.7 Å². The summed E-state index contributed by atoms with van der Waals surface area (Å²) >= 11 is 0. The van der Waals surface area contributed by atoms with Crippen LogP contribution in [-0.4, -0.2) is 60.3 Å². The molecule has 9 heteroatoms. The van der Waals surface area contributed by atoms with Crippen molar-refractivity contribution >= 4 is 17.2 Å². The number of hydrogen-bond acceptors (Lipinski definition) is 6. The van der Waals surface area contributed by atoms with Gasteiger partial charge in [-0.1, -0.05) is 52.0 Å². The minimum Gasteiger partial charge on any atom is -0.331 e. The average molecular weight is 544 g/mol. The summed E-state index contributed by atoms with van der Waals surface area (Å²) in [7, 11) is 1.70. The molecular formula is C31H41N7O2. The van der Waals surface area contributed by atoms with Crippen molar-refractivity contribution in [2.24, 2.45) is 13.0 Å². The van der Waals surface area contributed by atoms with E-state index in [-0.39, 0.29) is 18.2 Å². The standard InChI is InChI=1S/C31H41N7O2/c1-7-23-18-26-19-25(31(40)37(9-3)20-28-33-35-36(6)34-28)16-17-38(26)29(23)30(39)24-13-10-22(11-14-24)12-15-27(21(4)5)32-8-2/h10-11,13-14,16-19,21,27,32H,7-9,12,15,20H2,1-6H3/t27-/m1/s1. The van der Waals surface area contributed by atoms with Crippen molar-refractivity contribution in [2.75, 3.05) is 13.1 Å². The number of pyridine rings is 1. The normalized spacial score (nSPS) is 12.3. The second kappa shape index (κ2) is 13.0. The number of amides is 1. The molecule has 1 aromatic carbocycles. The zero-order valence-electron chi connectivity index (χ0n) is 24.5. The maximum Gasteiger partial charge on any atom is 0.254 e. The molecular weight excluding hydrogens is 502 g/mol. The minimum absolute atomic E-state index is 0.0147. The molecule has 0 spiro atoms. The Morgan fingerprint density at radius 2 is 1.77 bits per heavy atom. The van der Waals surface area contributed by atoms with Crippen LogP contribution < -0.4 is 5.32 Å². The first-order valence-electron chi connectivity index (χ1n) is 14.3. The zero-order valence-corrected chi connectivity index (χ0v) is 24.5. The van der Waals surface area contributed by atoms with Crippen LogP contribution >= 0.6 is 0 Å². The van der Waals surface area contributed by atoms with E-state index in [1.54, 1.807) is 18.0 Å². The summed E-state index contributed by atoms with van der Waals surface area (Å²) < 4.78 is 1.90. The van der Waals surface area contributed by atoms with E-state index in [2.05, 4.69) is 53.6 Å². The number of rotatable bonds is 13. The number of aryl methyl sites for hydroxylation is 3. The van der Waals surface area contributed by atoms with Gasteiger partial charge in [0, 0.05) is 35.4 Å². The van der Waals surface area contributed by atoms with Crippen LogP contribution in [-0.2, 0) is 26.4 Å². The predicted molar refractivity (Wildman–Crippen MR) is 156 cm³/mol. The highest BCUT2D eigenvalue weighted by atomic mass is 16.2. The molecule has 212 valence electrons. The number of hydrogen-bond donors (Lipinski definition) is 1. The molecule has 1 amide bonds. The van der Waals surface area contributed by atoms with Gasteiger partial charge in [-0.3, -0.25) is 9.59 Å². The van der Waals surface area contributed by atoms with Crippen LogP contribution in [0.4, 0.5) is 0 Å². The van der Waals surface area contributed by atoms with Gasteiger partial charge in [0.05, 0.1) is 19.3 Å². The number of aromatic nitrogens is 5. The summed E-state index contributed by atoms with van der Waals surface area (Å²) in [5, 5.41) is 15.6. The molecule has 4 rings (SSSR count). The molecule has 0 saturated heterocycles. The van der Waals surface area contributed by atoms with Crippen molar-refractivity contribution < 1.29 is 9.59 Å². The lowest BCUT2D eigenvalue weighted by Gasteiger charge is -2.21. The Balaban J connectivity index is 1.54. The van der Waals surface area contributed by atoms with Gasteiger partial charge in [-0.05, 0) is 73.2 Å². The molecule has 9 nitrogen and oxygen atoms in total. The van der Waals surface area contributed by atoms with Gasteiger partial charge in [-0.2, -0.15) is 4.80 Å². The fourth-order valence-corrected chi connectivity index (χ4v) is 5.17. The number of benzene rings is 1. The van der Waals surface area contributed by atoms with Gasteiger partial charge >= 0.3 is 0 Å². The molecule has 40 heavy (non-hydrogen) atoms. The summed E-state index contributed by atoms with van der Waals surface area (Å²) in [4.78, 5) is 30.1. The van der Waals surface area contributed by atoms with Crippen molar-refractivity contribution in [3.63, 3.8) is 0 Å². The van der Waals surface area contributed by atoms with Crippen LogP contribution in [0.2, 0.25) is 0 Å². The van der Waals surface area contributed by atoms with Gasteiger partial charge in [0.25, 0.3) is 5.91 Å². The van der Waals surface area contributed by atoms with Crippen molar-refractivity contribution in [3.05, 3.63) is 82.4 Å². The first-order valence-corrected chi connectivity index (χ1v) is 14.3. The molecule has 0 aliphatic rings. The van der Waals surface area contributed by atoms with E-state index in [9.17, 15) is 9.59 Å². The summed E-state index contributed by atoms with van der Waals surface area (Å²) in [5.74, 6) is 0.936. The molecule has 0 aliphatic heterocycles. The van der Waals surface area contributed by atoms with Crippen molar-refractivity contribution in [2.45, 2.75) is 66.5 Å². The van der Waals surface area contributed by atoms with Gasteiger partial charge in [0.15, 0.2) is 5.82 Å². The van der Waals surface area contributed by atoms with E-state index in [4.69, 9.17) is 0 Å². The first kappa shape index (κ1) is 29.1. The molecule has 1 N–H and O–H groups in total. The Morgan fingerprint density at radius 3 is 2.38 bits per heavy atom. The molecule has 0 bridgehead atoms. The van der Waals surface area contributed by atoms with Gasteiger partial charge in [0.2, 0.25) is 5.78 Å². The number of ketones is 1. The third-order valence-electron chi connectivity index (χ3n) is 7.48. The van der Waals surface area contributed by atoms with E-state index in [0.717, 1.165) is 30.5 Å². The molecule has 3 heterocycles. The molecule has 4 aromatic rings. The number of fused-ring (bicyclic) bond motifs is 1. The van der Waals surface area contributed by atoms with Gasteiger partial charge in [0.1, 0.15) is 0 Å². The second-order valence-corrected chi connectivity index (χ2v) is 10.6. The zero-order chi connectivity index (χ0) is 28.8. The predicted octanol–water partition coefficient (Wildman–Crippen LogP) is 4.49. The quantitative estimate of drug-likeness (QED) is 0.250.